The standard InChI is InChI=1S/C94H61BN4O4/c1-6-71-87(66-26-8-14-34-73(66)97(71)79-38-19-29-61-59-23-11-17-41-82(59)100-91(61)79)86-56(5)96(72-33-13-7-25-65(72)86)78-37-21-31-63-69-51-57(43-47-84(69)102-93(63)78)95(90-54(3)49-53(2)50-55(90)4)58-44-48-85-70(52-58)64-32-22-40-81(94(64)103-85)99-75-36-16-10-28-68(75)89-77(99)46-45-76-88(89)67-27-9-15-35-74(67)98(76)80-39-20-30-62-60-24-12-18-42-83(60)101-92(62)80/h6-52H,1H2,2-5H3. The Balaban J connectivity index is 0.695. The lowest BCUT2D eigenvalue weighted by Gasteiger charge is -2.21. The molecule has 14 aromatic carbocycles. The van der Waals surface area contributed by atoms with Crippen LogP contribution < -0.4 is 16.4 Å². The van der Waals surface area contributed by atoms with E-state index in [0.717, 1.165) is 177 Å². The summed E-state index contributed by atoms with van der Waals surface area (Å²) in [5.74, 6) is 0. The van der Waals surface area contributed by atoms with Crippen LogP contribution in [0.4, 0.5) is 0 Å². The Bertz CT molecular complexity index is 7450. The smallest absolute Gasteiger partial charge is 0.241 e. The maximum Gasteiger partial charge on any atom is 0.241 e. The predicted octanol–water partition coefficient (Wildman–Crippen LogP) is 23.4. The lowest BCUT2D eigenvalue weighted by molar-refractivity contribution is 0.665. The summed E-state index contributed by atoms with van der Waals surface area (Å²) in [6, 6.07) is 101. The molecule has 0 aliphatic rings. The number of nitrogens with zero attached hydrogens (tertiary/aromatic N) is 4. The van der Waals surface area contributed by atoms with Crippen molar-refractivity contribution >= 4 is 182 Å². The van der Waals surface area contributed by atoms with Gasteiger partial charge in [-0.15, -0.1) is 0 Å². The van der Waals surface area contributed by atoms with E-state index in [0.29, 0.717) is 0 Å². The molecular formula is C94H61BN4O4. The molecule has 22 rings (SSSR count). The summed E-state index contributed by atoms with van der Waals surface area (Å²) in [6.07, 6.45) is 2.01. The van der Waals surface area contributed by atoms with Crippen LogP contribution in [0.25, 0.3) is 193 Å². The second-order valence-corrected chi connectivity index (χ2v) is 28.0. The third-order valence-corrected chi connectivity index (χ3v) is 22.4. The predicted molar refractivity (Wildman–Crippen MR) is 430 cm³/mol. The molecule has 0 amide bonds. The first kappa shape index (κ1) is 57.6. The minimum atomic E-state index is -0.144. The molecule has 8 heterocycles. The molecular weight excluding hydrogens is 1260 g/mol. The largest absolute Gasteiger partial charge is 0.454 e. The Labute approximate surface area is 590 Å². The summed E-state index contributed by atoms with van der Waals surface area (Å²) in [6.45, 7) is 13.4. The molecule has 0 N–H and O–H groups in total. The van der Waals surface area contributed by atoms with Crippen molar-refractivity contribution in [3.05, 3.63) is 314 Å². The van der Waals surface area contributed by atoms with Crippen LogP contribution >= 0.6 is 0 Å². The summed E-state index contributed by atoms with van der Waals surface area (Å²) in [7, 11) is 0. The van der Waals surface area contributed by atoms with Gasteiger partial charge in [0.2, 0.25) is 6.71 Å². The van der Waals surface area contributed by atoms with Gasteiger partial charge in [-0.25, -0.2) is 0 Å². The summed E-state index contributed by atoms with van der Waals surface area (Å²) < 4.78 is 37.4. The van der Waals surface area contributed by atoms with E-state index >= 15 is 0 Å². The van der Waals surface area contributed by atoms with E-state index in [1.807, 2.05) is 24.3 Å². The van der Waals surface area contributed by atoms with Gasteiger partial charge in [0.25, 0.3) is 0 Å². The number of furan rings is 4. The van der Waals surface area contributed by atoms with Crippen LogP contribution in [0.3, 0.4) is 0 Å². The third kappa shape index (κ3) is 7.96. The van der Waals surface area contributed by atoms with Gasteiger partial charge in [0.05, 0.1) is 61.5 Å². The summed E-state index contributed by atoms with van der Waals surface area (Å²) in [5, 5.41) is 15.6. The number of aryl methyl sites for hydroxylation is 3. The van der Waals surface area contributed by atoms with Crippen molar-refractivity contribution in [3.8, 4) is 33.9 Å². The Morgan fingerprint density at radius 1 is 0.291 bits per heavy atom. The van der Waals surface area contributed by atoms with Crippen molar-refractivity contribution < 1.29 is 17.7 Å². The maximum absolute atomic E-state index is 7.22. The minimum Gasteiger partial charge on any atom is -0.454 e. The van der Waals surface area contributed by atoms with Crippen molar-refractivity contribution in [2.75, 3.05) is 0 Å². The van der Waals surface area contributed by atoms with Crippen LogP contribution in [0.5, 0.6) is 0 Å². The molecule has 0 radical (unpaired) electrons. The Hall–Kier alpha value is -13.2. The number of benzene rings is 14. The van der Waals surface area contributed by atoms with E-state index in [1.165, 1.54) is 54.6 Å². The highest BCUT2D eigenvalue weighted by molar-refractivity contribution is 6.96. The van der Waals surface area contributed by atoms with Gasteiger partial charge in [-0.2, -0.15) is 0 Å². The second-order valence-electron chi connectivity index (χ2n) is 28.0. The molecule has 0 saturated heterocycles. The third-order valence-electron chi connectivity index (χ3n) is 22.4. The summed E-state index contributed by atoms with van der Waals surface area (Å²) in [4.78, 5) is 0. The monoisotopic (exact) mass is 1320 g/mol. The van der Waals surface area contributed by atoms with E-state index in [-0.39, 0.29) is 6.71 Å². The number of rotatable bonds is 9. The minimum absolute atomic E-state index is 0.144. The lowest BCUT2D eigenvalue weighted by atomic mass is 9.35. The molecule has 0 unspecified atom stereocenters. The van der Waals surface area contributed by atoms with Crippen molar-refractivity contribution in [2.45, 2.75) is 27.7 Å². The topological polar surface area (TPSA) is 72.3 Å². The van der Waals surface area contributed by atoms with Crippen molar-refractivity contribution in [1.82, 2.24) is 18.3 Å². The zero-order chi connectivity index (χ0) is 68.2. The van der Waals surface area contributed by atoms with Gasteiger partial charge in [0.15, 0.2) is 22.3 Å². The van der Waals surface area contributed by atoms with Gasteiger partial charge in [-0.1, -0.05) is 234 Å². The highest BCUT2D eigenvalue weighted by Gasteiger charge is 2.32. The van der Waals surface area contributed by atoms with Crippen LogP contribution in [0.1, 0.15) is 28.1 Å². The Morgan fingerprint density at radius 2 is 0.641 bits per heavy atom. The van der Waals surface area contributed by atoms with Crippen molar-refractivity contribution in [1.29, 1.82) is 0 Å². The van der Waals surface area contributed by atoms with Gasteiger partial charge in [0.1, 0.15) is 22.3 Å². The molecule has 9 heteroatoms. The zero-order valence-corrected chi connectivity index (χ0v) is 56.8. The number of para-hydroxylation sites is 10. The van der Waals surface area contributed by atoms with E-state index in [4.69, 9.17) is 17.7 Å². The number of aromatic nitrogens is 4. The average molecular weight is 1320 g/mol. The van der Waals surface area contributed by atoms with Crippen molar-refractivity contribution in [2.24, 2.45) is 0 Å². The number of hydrogen-bond donors (Lipinski definition) is 0. The van der Waals surface area contributed by atoms with Crippen LogP contribution in [0, 0.1) is 27.7 Å². The molecule has 0 spiro atoms. The van der Waals surface area contributed by atoms with Crippen molar-refractivity contribution in [3.63, 3.8) is 0 Å². The van der Waals surface area contributed by atoms with E-state index < -0.39 is 0 Å². The first-order valence-electron chi connectivity index (χ1n) is 35.4. The maximum atomic E-state index is 7.22. The van der Waals surface area contributed by atoms with Crippen LogP contribution in [-0.4, -0.2) is 25.0 Å². The van der Waals surface area contributed by atoms with E-state index in [2.05, 4.69) is 313 Å². The quantitative estimate of drug-likeness (QED) is 0.135. The highest BCUT2D eigenvalue weighted by atomic mass is 16.3. The normalized spacial score (nSPS) is 12.3. The fraction of sp³-hybridized carbons (Fsp3) is 0.0426. The van der Waals surface area contributed by atoms with Gasteiger partial charge in [0, 0.05) is 92.2 Å². The molecule has 8 aromatic heterocycles. The Morgan fingerprint density at radius 3 is 1.10 bits per heavy atom. The molecule has 484 valence electrons. The average Bonchev–Trinajstić information content (AvgIpc) is 1.55. The number of hydrogen-bond acceptors (Lipinski definition) is 4. The second kappa shape index (κ2) is 21.4. The summed E-state index contributed by atoms with van der Waals surface area (Å²) in [5.41, 5.74) is 29.0. The van der Waals surface area contributed by atoms with Gasteiger partial charge in [-0.3, -0.25) is 0 Å². The molecule has 103 heavy (non-hydrogen) atoms. The highest BCUT2D eigenvalue weighted by Crippen LogP contribution is 2.49. The Kier molecular flexibility index (Phi) is 12.0. The fourth-order valence-corrected chi connectivity index (χ4v) is 18.3. The molecule has 22 aromatic rings. The van der Waals surface area contributed by atoms with Gasteiger partial charge < -0.3 is 35.9 Å². The van der Waals surface area contributed by atoms with Crippen LogP contribution in [0.15, 0.2) is 303 Å². The molecule has 0 bridgehead atoms. The molecule has 0 fully saturated rings. The molecule has 0 aliphatic heterocycles. The molecule has 0 aliphatic carbocycles. The summed E-state index contributed by atoms with van der Waals surface area (Å²) >= 11 is 0. The molecule has 0 saturated carbocycles. The fourth-order valence-electron chi connectivity index (χ4n) is 18.3. The first-order valence-corrected chi connectivity index (χ1v) is 35.4. The SMILES string of the molecule is C=Cc1c(-c2c(C)n(-c3cccc4c3oc3ccc(B(c5ccc6oc7c(-n8c9ccccc9c9c%10c%11ccccc%11n(-c%11cccc%12c%11oc%11ccccc%11%12)c%10ccc98)cccc7c6c5)c5c(C)cc(C)cc5C)cc34)c3ccccc23)c2ccccc2n1-c1cccc2c1oc1ccccc12. The molecule has 0 atom stereocenters. The molecule has 8 nitrogen and oxygen atoms in total. The first-order chi connectivity index (χ1) is 50.7. The van der Waals surface area contributed by atoms with E-state index in [9.17, 15) is 0 Å². The zero-order valence-electron chi connectivity index (χ0n) is 56.8. The van der Waals surface area contributed by atoms with Gasteiger partial charge >= 0.3 is 0 Å². The lowest BCUT2D eigenvalue weighted by Crippen LogP contribution is -2.54. The van der Waals surface area contributed by atoms with Gasteiger partial charge in [-0.05, 0) is 119 Å². The van der Waals surface area contributed by atoms with E-state index in [1.54, 1.807) is 0 Å². The number of fused-ring (bicyclic) bond motifs is 21. The van der Waals surface area contributed by atoms with Crippen LogP contribution in [-0.2, 0) is 0 Å². The van der Waals surface area contributed by atoms with Crippen LogP contribution in [0.2, 0.25) is 0 Å².